The number of piperidine rings is 1. The SMILES string of the molecule is NC1CC(c2cccs2)CN(c2cccc(F)c2F)C1. The highest BCUT2D eigenvalue weighted by Crippen LogP contribution is 2.33. The van der Waals surface area contributed by atoms with E-state index in [9.17, 15) is 8.78 Å². The maximum absolute atomic E-state index is 13.9. The number of nitrogens with two attached hydrogens (primary N) is 1. The second kappa shape index (κ2) is 5.50. The van der Waals surface area contributed by atoms with Crippen LogP contribution in [0.15, 0.2) is 35.7 Å². The molecular weight excluding hydrogens is 278 g/mol. The maximum Gasteiger partial charge on any atom is 0.182 e. The van der Waals surface area contributed by atoms with Gasteiger partial charge in [-0.3, -0.25) is 0 Å². The lowest BCUT2D eigenvalue weighted by molar-refractivity contribution is 0.446. The molecule has 5 heteroatoms. The van der Waals surface area contributed by atoms with Crippen LogP contribution in [-0.4, -0.2) is 19.1 Å². The average Bonchev–Trinajstić information content (AvgIpc) is 2.95. The average molecular weight is 294 g/mol. The van der Waals surface area contributed by atoms with Gasteiger partial charge in [0.2, 0.25) is 0 Å². The van der Waals surface area contributed by atoms with E-state index in [1.807, 2.05) is 16.3 Å². The van der Waals surface area contributed by atoms with Crippen LogP contribution in [0.25, 0.3) is 0 Å². The number of anilines is 1. The fourth-order valence-electron chi connectivity index (χ4n) is 2.80. The summed E-state index contributed by atoms with van der Waals surface area (Å²) in [6.45, 7) is 1.23. The Hall–Kier alpha value is -1.46. The molecule has 1 aliphatic heterocycles. The lowest BCUT2D eigenvalue weighted by Crippen LogP contribution is -2.46. The highest BCUT2D eigenvalue weighted by atomic mass is 32.1. The lowest BCUT2D eigenvalue weighted by Gasteiger charge is -2.37. The molecular formula is C15H16F2N2S. The predicted octanol–water partition coefficient (Wildman–Crippen LogP) is 3.35. The van der Waals surface area contributed by atoms with E-state index in [4.69, 9.17) is 5.73 Å². The van der Waals surface area contributed by atoms with Gasteiger partial charge in [-0.1, -0.05) is 12.1 Å². The molecule has 0 amide bonds. The highest BCUT2D eigenvalue weighted by Gasteiger charge is 2.28. The summed E-state index contributed by atoms with van der Waals surface area (Å²) in [6.07, 6.45) is 0.883. The summed E-state index contributed by atoms with van der Waals surface area (Å²) in [5, 5.41) is 2.03. The Kier molecular flexibility index (Phi) is 3.72. The van der Waals surface area contributed by atoms with Gasteiger partial charge in [-0.25, -0.2) is 8.78 Å². The van der Waals surface area contributed by atoms with Gasteiger partial charge in [0.05, 0.1) is 5.69 Å². The second-order valence-electron chi connectivity index (χ2n) is 5.19. The van der Waals surface area contributed by atoms with E-state index >= 15 is 0 Å². The summed E-state index contributed by atoms with van der Waals surface area (Å²) in [5.41, 5.74) is 6.40. The normalized spacial score (nSPS) is 23.1. The first-order valence-corrected chi connectivity index (χ1v) is 7.51. The molecule has 0 spiro atoms. The van der Waals surface area contributed by atoms with E-state index in [2.05, 4.69) is 6.07 Å². The lowest BCUT2D eigenvalue weighted by atomic mass is 9.93. The minimum absolute atomic E-state index is 0.0292. The summed E-state index contributed by atoms with van der Waals surface area (Å²) < 4.78 is 27.3. The van der Waals surface area contributed by atoms with Crippen LogP contribution in [0.5, 0.6) is 0 Å². The first kappa shape index (κ1) is 13.5. The van der Waals surface area contributed by atoms with Gasteiger partial charge in [0, 0.05) is 29.9 Å². The third-order valence-electron chi connectivity index (χ3n) is 3.70. The summed E-state index contributed by atoms with van der Waals surface area (Å²) in [5.74, 6) is -1.32. The minimum Gasteiger partial charge on any atom is -0.367 e. The molecule has 2 atom stereocenters. The Morgan fingerprint density at radius 2 is 2.00 bits per heavy atom. The van der Waals surface area contributed by atoms with E-state index in [1.54, 1.807) is 17.4 Å². The molecule has 20 heavy (non-hydrogen) atoms. The molecule has 1 aromatic carbocycles. The quantitative estimate of drug-likeness (QED) is 0.920. The van der Waals surface area contributed by atoms with E-state index < -0.39 is 11.6 Å². The van der Waals surface area contributed by atoms with Crippen molar-refractivity contribution in [3.05, 3.63) is 52.2 Å². The van der Waals surface area contributed by atoms with Gasteiger partial charge in [0.15, 0.2) is 11.6 Å². The van der Waals surface area contributed by atoms with E-state index in [-0.39, 0.29) is 12.0 Å². The third-order valence-corrected chi connectivity index (χ3v) is 4.74. The molecule has 2 N–H and O–H groups in total. The van der Waals surface area contributed by atoms with Gasteiger partial charge in [-0.2, -0.15) is 0 Å². The Morgan fingerprint density at radius 1 is 1.15 bits per heavy atom. The molecule has 106 valence electrons. The zero-order valence-corrected chi connectivity index (χ0v) is 11.7. The number of hydrogen-bond acceptors (Lipinski definition) is 3. The van der Waals surface area contributed by atoms with Crippen molar-refractivity contribution in [2.45, 2.75) is 18.4 Å². The monoisotopic (exact) mass is 294 g/mol. The Morgan fingerprint density at radius 3 is 2.75 bits per heavy atom. The molecule has 0 radical (unpaired) electrons. The van der Waals surface area contributed by atoms with Crippen LogP contribution in [0, 0.1) is 11.6 Å². The smallest absolute Gasteiger partial charge is 0.182 e. The fourth-order valence-corrected chi connectivity index (χ4v) is 3.64. The molecule has 2 aromatic rings. The Labute approximate surface area is 120 Å². The number of nitrogens with zero attached hydrogens (tertiary/aromatic N) is 1. The number of benzene rings is 1. The van der Waals surface area contributed by atoms with E-state index in [1.165, 1.54) is 10.9 Å². The predicted molar refractivity (Wildman–Crippen MR) is 78.2 cm³/mol. The van der Waals surface area contributed by atoms with E-state index in [0.29, 0.717) is 18.8 Å². The van der Waals surface area contributed by atoms with Gasteiger partial charge < -0.3 is 10.6 Å². The summed E-state index contributed by atoms with van der Waals surface area (Å²) in [4.78, 5) is 3.11. The molecule has 2 heterocycles. The van der Waals surface area contributed by atoms with Crippen molar-refractivity contribution in [1.29, 1.82) is 0 Å². The standard InChI is InChI=1S/C15H16F2N2S/c16-12-3-1-4-13(15(12)17)19-8-10(7-11(18)9-19)14-5-2-6-20-14/h1-6,10-11H,7-9,18H2. The fraction of sp³-hybridized carbons (Fsp3) is 0.333. The molecule has 1 aromatic heterocycles. The molecule has 3 rings (SSSR count). The van der Waals surface area contributed by atoms with Crippen molar-refractivity contribution in [1.82, 2.24) is 0 Å². The van der Waals surface area contributed by atoms with Crippen LogP contribution in [0.1, 0.15) is 17.2 Å². The first-order valence-electron chi connectivity index (χ1n) is 6.63. The van der Waals surface area contributed by atoms with Gasteiger partial charge in [0.1, 0.15) is 0 Å². The molecule has 0 aliphatic carbocycles. The van der Waals surface area contributed by atoms with Crippen molar-refractivity contribution < 1.29 is 8.78 Å². The highest BCUT2D eigenvalue weighted by molar-refractivity contribution is 7.10. The molecule has 0 saturated carbocycles. The van der Waals surface area contributed by atoms with Gasteiger partial charge in [-0.15, -0.1) is 11.3 Å². The number of rotatable bonds is 2. The van der Waals surface area contributed by atoms with Gasteiger partial charge in [0.25, 0.3) is 0 Å². The summed E-state index contributed by atoms with van der Waals surface area (Å²) in [7, 11) is 0. The number of halogens is 2. The summed E-state index contributed by atoms with van der Waals surface area (Å²) >= 11 is 1.69. The van der Waals surface area contributed by atoms with Gasteiger partial charge in [-0.05, 0) is 30.0 Å². The van der Waals surface area contributed by atoms with Crippen LogP contribution in [0.4, 0.5) is 14.5 Å². The summed E-state index contributed by atoms with van der Waals surface area (Å²) in [6, 6.07) is 8.34. The Bertz CT molecular complexity index is 586. The first-order chi connectivity index (χ1) is 9.65. The van der Waals surface area contributed by atoms with Crippen LogP contribution < -0.4 is 10.6 Å². The zero-order chi connectivity index (χ0) is 14.1. The molecule has 1 aliphatic rings. The van der Waals surface area contributed by atoms with Gasteiger partial charge >= 0.3 is 0 Å². The van der Waals surface area contributed by atoms with E-state index in [0.717, 1.165) is 12.5 Å². The van der Waals surface area contributed by atoms with Crippen molar-refractivity contribution >= 4 is 17.0 Å². The number of thiophene rings is 1. The topological polar surface area (TPSA) is 29.3 Å². The number of hydrogen-bond donors (Lipinski definition) is 1. The zero-order valence-electron chi connectivity index (χ0n) is 10.9. The molecule has 1 fully saturated rings. The van der Waals surface area contributed by atoms with Crippen LogP contribution >= 0.6 is 11.3 Å². The van der Waals surface area contributed by atoms with Crippen LogP contribution in [0.2, 0.25) is 0 Å². The largest absolute Gasteiger partial charge is 0.367 e. The minimum atomic E-state index is -0.811. The van der Waals surface area contributed by atoms with Crippen LogP contribution in [0.3, 0.4) is 0 Å². The van der Waals surface area contributed by atoms with Crippen molar-refractivity contribution in [3.63, 3.8) is 0 Å². The molecule has 2 nitrogen and oxygen atoms in total. The van der Waals surface area contributed by atoms with Crippen molar-refractivity contribution in [2.24, 2.45) is 5.73 Å². The molecule has 2 unspecified atom stereocenters. The van der Waals surface area contributed by atoms with Crippen LogP contribution in [-0.2, 0) is 0 Å². The van der Waals surface area contributed by atoms with Crippen molar-refractivity contribution in [2.75, 3.05) is 18.0 Å². The molecule has 1 saturated heterocycles. The maximum atomic E-state index is 13.9. The molecule has 0 bridgehead atoms. The Balaban J connectivity index is 1.88. The second-order valence-corrected chi connectivity index (χ2v) is 6.17. The van der Waals surface area contributed by atoms with Crippen molar-refractivity contribution in [3.8, 4) is 0 Å². The third kappa shape index (κ3) is 2.55.